The van der Waals surface area contributed by atoms with Crippen molar-refractivity contribution in [3.63, 3.8) is 0 Å². The lowest BCUT2D eigenvalue weighted by Gasteiger charge is -2.22. The van der Waals surface area contributed by atoms with Crippen LogP contribution in [0.25, 0.3) is 22.2 Å². The fourth-order valence-electron chi connectivity index (χ4n) is 5.17. The van der Waals surface area contributed by atoms with Crippen LogP contribution in [0, 0.1) is 0 Å². The number of aromatic nitrogens is 2. The Balaban J connectivity index is 1.67. The van der Waals surface area contributed by atoms with E-state index in [-0.39, 0.29) is 17.2 Å². The Morgan fingerprint density at radius 3 is 2.28 bits per heavy atom. The Bertz CT molecular complexity index is 1790. The van der Waals surface area contributed by atoms with Crippen LogP contribution in [0.1, 0.15) is 67.7 Å². The van der Waals surface area contributed by atoms with Gasteiger partial charge in [0.25, 0.3) is 5.91 Å². The van der Waals surface area contributed by atoms with Gasteiger partial charge in [-0.3, -0.25) is 9.69 Å². The number of rotatable bonds is 13. The lowest BCUT2D eigenvalue weighted by atomic mass is 9.98. The molecule has 0 unspecified atom stereocenters. The van der Waals surface area contributed by atoms with Gasteiger partial charge in [0.1, 0.15) is 5.82 Å². The standard InChI is InChI=1S/C33H38F3N5O4S/c1-4-6-10-20-40(32(43)37-3)25-18-19-28-29(21-25)41(30(38-28)13-7-5-2)22-23-14-16-24(17-15-23)26-11-8-9-12-27(26)31(42)39-46(44,45)33(34,35)36/h8-9,11-12,14-19,21H,4-7,10,13,20,22H2,1-3H3,(H,37,43)(H,39,42). The van der Waals surface area contributed by atoms with E-state index in [1.54, 1.807) is 30.1 Å². The molecule has 1 aromatic heterocycles. The van der Waals surface area contributed by atoms with Crippen LogP contribution in [-0.2, 0) is 23.0 Å². The van der Waals surface area contributed by atoms with Gasteiger partial charge in [-0.1, -0.05) is 75.6 Å². The van der Waals surface area contributed by atoms with Crippen LogP contribution in [0.3, 0.4) is 0 Å². The number of nitrogens with one attached hydrogen (secondary N) is 2. The molecule has 0 bridgehead atoms. The second kappa shape index (κ2) is 14.8. The number of halogens is 3. The summed E-state index contributed by atoms with van der Waals surface area (Å²) >= 11 is 0. The molecule has 9 nitrogen and oxygen atoms in total. The van der Waals surface area contributed by atoms with Crippen LogP contribution in [0.4, 0.5) is 23.7 Å². The molecule has 3 amide bonds. The third-order valence-electron chi connectivity index (χ3n) is 7.63. The van der Waals surface area contributed by atoms with E-state index in [0.29, 0.717) is 18.7 Å². The molecule has 0 aliphatic carbocycles. The lowest BCUT2D eigenvalue weighted by molar-refractivity contribution is -0.0446. The maximum atomic E-state index is 12.9. The molecule has 0 spiro atoms. The van der Waals surface area contributed by atoms with Gasteiger partial charge >= 0.3 is 21.6 Å². The van der Waals surface area contributed by atoms with Gasteiger partial charge in [-0.15, -0.1) is 0 Å². The Kier molecular flexibility index (Phi) is 11.1. The molecule has 4 rings (SSSR count). The lowest BCUT2D eigenvalue weighted by Crippen LogP contribution is -2.40. The highest BCUT2D eigenvalue weighted by atomic mass is 32.2. The van der Waals surface area contributed by atoms with Crippen molar-refractivity contribution in [1.29, 1.82) is 0 Å². The Hall–Kier alpha value is -4.39. The monoisotopic (exact) mass is 657 g/mol. The van der Waals surface area contributed by atoms with Crippen molar-refractivity contribution in [3.8, 4) is 11.1 Å². The van der Waals surface area contributed by atoms with E-state index < -0.39 is 21.4 Å². The number of anilines is 1. The third-order valence-corrected chi connectivity index (χ3v) is 8.69. The number of fused-ring (bicyclic) bond motifs is 1. The summed E-state index contributed by atoms with van der Waals surface area (Å²) in [4.78, 5) is 32.0. The molecule has 4 aromatic rings. The Morgan fingerprint density at radius 1 is 0.935 bits per heavy atom. The maximum Gasteiger partial charge on any atom is 0.516 e. The molecule has 0 saturated heterocycles. The number of hydrogen-bond donors (Lipinski definition) is 2. The largest absolute Gasteiger partial charge is 0.516 e. The maximum absolute atomic E-state index is 12.9. The van der Waals surface area contributed by atoms with E-state index >= 15 is 0 Å². The molecule has 0 saturated carbocycles. The van der Waals surface area contributed by atoms with Crippen molar-refractivity contribution in [2.75, 3.05) is 18.5 Å². The molecule has 13 heteroatoms. The van der Waals surface area contributed by atoms with Gasteiger partial charge in [0.05, 0.1) is 11.0 Å². The smallest absolute Gasteiger partial charge is 0.341 e. The highest BCUT2D eigenvalue weighted by Gasteiger charge is 2.47. The van der Waals surface area contributed by atoms with Gasteiger partial charge in [-0.25, -0.2) is 14.5 Å². The first-order chi connectivity index (χ1) is 21.9. The van der Waals surface area contributed by atoms with E-state index in [1.807, 2.05) is 30.3 Å². The average molecular weight is 658 g/mol. The molecule has 0 fully saturated rings. The van der Waals surface area contributed by atoms with Crippen molar-refractivity contribution >= 4 is 38.7 Å². The van der Waals surface area contributed by atoms with Crippen molar-refractivity contribution in [1.82, 2.24) is 19.6 Å². The predicted octanol–water partition coefficient (Wildman–Crippen LogP) is 7.01. The average Bonchev–Trinajstić information content (AvgIpc) is 3.37. The minimum atomic E-state index is -5.86. The Labute approximate surface area is 266 Å². The number of carbonyl (C=O) groups excluding carboxylic acids is 2. The first-order valence-corrected chi connectivity index (χ1v) is 16.7. The van der Waals surface area contributed by atoms with E-state index in [0.717, 1.165) is 71.4 Å². The zero-order chi connectivity index (χ0) is 33.5. The minimum absolute atomic E-state index is 0.187. The fourth-order valence-corrected chi connectivity index (χ4v) is 5.64. The summed E-state index contributed by atoms with van der Waals surface area (Å²) in [5.41, 5.74) is -1.67. The summed E-state index contributed by atoms with van der Waals surface area (Å²) in [6.07, 6.45) is 5.61. The molecule has 0 radical (unpaired) electrons. The van der Waals surface area contributed by atoms with Crippen molar-refractivity contribution < 1.29 is 31.2 Å². The summed E-state index contributed by atoms with van der Waals surface area (Å²) in [5.74, 6) is -0.470. The number of urea groups is 1. The SMILES string of the molecule is CCCCCN(C(=O)NC)c1ccc2nc(CCCC)n(Cc3ccc(-c4ccccc4C(=O)NS(=O)(=O)C(F)(F)F)cc3)c2c1. The summed E-state index contributed by atoms with van der Waals surface area (Å²) < 4.78 is 64.9. The molecule has 3 aromatic carbocycles. The van der Waals surface area contributed by atoms with E-state index in [1.165, 1.54) is 18.2 Å². The first-order valence-electron chi connectivity index (χ1n) is 15.2. The number of benzene rings is 3. The normalized spacial score (nSPS) is 11.9. The third kappa shape index (κ3) is 7.87. The number of amides is 3. The van der Waals surface area contributed by atoms with Gasteiger partial charge in [0.15, 0.2) is 0 Å². The van der Waals surface area contributed by atoms with Crippen molar-refractivity contribution in [2.24, 2.45) is 0 Å². The number of sulfonamides is 1. The van der Waals surface area contributed by atoms with Gasteiger partial charge < -0.3 is 9.88 Å². The summed E-state index contributed by atoms with van der Waals surface area (Å²) in [6.45, 7) is 5.26. The van der Waals surface area contributed by atoms with Crippen LogP contribution in [0.5, 0.6) is 0 Å². The number of nitrogens with zero attached hydrogens (tertiary/aromatic N) is 3. The summed E-state index contributed by atoms with van der Waals surface area (Å²) in [7, 11) is -4.25. The zero-order valence-corrected chi connectivity index (χ0v) is 26.8. The van der Waals surface area contributed by atoms with E-state index in [9.17, 15) is 31.2 Å². The highest BCUT2D eigenvalue weighted by molar-refractivity contribution is 7.90. The second-order valence-electron chi connectivity index (χ2n) is 10.9. The Morgan fingerprint density at radius 2 is 1.63 bits per heavy atom. The number of aryl methyl sites for hydroxylation is 1. The van der Waals surface area contributed by atoms with Crippen molar-refractivity contribution in [2.45, 2.75) is 64.4 Å². The minimum Gasteiger partial charge on any atom is -0.341 e. The van der Waals surface area contributed by atoms with Gasteiger partial charge in [0, 0.05) is 37.8 Å². The summed E-state index contributed by atoms with van der Waals surface area (Å²) in [5, 5.41) is 2.73. The first kappa shape index (κ1) is 34.5. The molecule has 246 valence electrons. The van der Waals surface area contributed by atoms with Gasteiger partial charge in [-0.2, -0.15) is 21.6 Å². The topological polar surface area (TPSA) is 113 Å². The van der Waals surface area contributed by atoms with Gasteiger partial charge in [0.2, 0.25) is 0 Å². The summed E-state index contributed by atoms with van der Waals surface area (Å²) in [6, 6.07) is 18.6. The van der Waals surface area contributed by atoms with E-state index in [4.69, 9.17) is 4.98 Å². The van der Waals surface area contributed by atoms with Gasteiger partial charge in [-0.05, 0) is 53.8 Å². The second-order valence-corrected chi connectivity index (χ2v) is 12.6. The molecule has 0 aliphatic heterocycles. The van der Waals surface area contributed by atoms with Crippen LogP contribution in [0.2, 0.25) is 0 Å². The molecule has 1 heterocycles. The molecular weight excluding hydrogens is 619 g/mol. The number of carbonyl (C=O) groups is 2. The van der Waals surface area contributed by atoms with Crippen LogP contribution in [0.15, 0.2) is 66.7 Å². The zero-order valence-electron chi connectivity index (χ0n) is 26.0. The number of alkyl halides is 3. The molecule has 46 heavy (non-hydrogen) atoms. The molecule has 0 aliphatic rings. The predicted molar refractivity (Wildman–Crippen MR) is 173 cm³/mol. The number of unbranched alkanes of at least 4 members (excludes halogenated alkanes) is 3. The number of imidazole rings is 1. The molecule has 2 N–H and O–H groups in total. The van der Waals surface area contributed by atoms with Crippen LogP contribution in [-0.4, -0.2) is 49.0 Å². The molecule has 0 atom stereocenters. The highest BCUT2D eigenvalue weighted by Crippen LogP contribution is 2.29. The quantitative estimate of drug-likeness (QED) is 0.150. The van der Waals surface area contributed by atoms with Crippen LogP contribution >= 0.6 is 0 Å². The van der Waals surface area contributed by atoms with Crippen molar-refractivity contribution in [3.05, 3.63) is 83.7 Å². The van der Waals surface area contributed by atoms with Crippen LogP contribution < -0.4 is 14.9 Å². The fraction of sp³-hybridized carbons (Fsp3) is 0.364. The van der Waals surface area contributed by atoms with E-state index in [2.05, 4.69) is 23.7 Å². The molecular formula is C33H38F3N5O4S. The number of hydrogen-bond acceptors (Lipinski definition) is 5.